The Morgan fingerprint density at radius 3 is 1.17 bits per heavy atom. The van der Waals surface area contributed by atoms with Crippen molar-refractivity contribution in [2.24, 2.45) is 5.41 Å². The molecule has 0 radical (unpaired) electrons. The highest BCUT2D eigenvalue weighted by atomic mass is 16.5. The first kappa shape index (κ1) is 18.9. The zero-order chi connectivity index (χ0) is 20.8. The van der Waals surface area contributed by atoms with E-state index in [4.69, 9.17) is 18.9 Å². The number of carbonyl (C=O) groups excluding carboxylic acids is 2. The summed E-state index contributed by atoms with van der Waals surface area (Å²) in [4.78, 5) is 26.6. The summed E-state index contributed by atoms with van der Waals surface area (Å²) in [5.41, 5.74) is -0.0534. The molecule has 1 heterocycles. The van der Waals surface area contributed by atoms with Crippen LogP contribution in [0.25, 0.3) is 0 Å². The number of hydrazine groups is 1. The van der Waals surface area contributed by atoms with Crippen LogP contribution in [0, 0.1) is 5.41 Å². The van der Waals surface area contributed by atoms with Gasteiger partial charge < -0.3 is 18.9 Å². The van der Waals surface area contributed by atoms with E-state index in [0.717, 1.165) is 0 Å². The fraction of sp³-hybridized carbons (Fsp3) is 0.333. The summed E-state index contributed by atoms with van der Waals surface area (Å²) in [5.74, 6) is 1.53. The summed E-state index contributed by atoms with van der Waals surface area (Å²) in [6.07, 6.45) is 1.06. The molecule has 0 unspecified atom stereocenters. The lowest BCUT2D eigenvalue weighted by Gasteiger charge is -2.28. The molecule has 1 spiro atoms. The lowest BCUT2D eigenvalue weighted by atomic mass is 10.1. The first-order valence-corrected chi connectivity index (χ1v) is 9.12. The molecule has 0 bridgehead atoms. The Hall–Kier alpha value is -3.42. The number of ether oxygens (including phenoxy) is 4. The predicted molar refractivity (Wildman–Crippen MR) is 106 cm³/mol. The summed E-state index contributed by atoms with van der Waals surface area (Å²) in [7, 11) is 6.12. The average molecular weight is 398 g/mol. The summed E-state index contributed by atoms with van der Waals surface area (Å²) >= 11 is 0. The monoisotopic (exact) mass is 398 g/mol. The van der Waals surface area contributed by atoms with Gasteiger partial charge in [-0.1, -0.05) is 0 Å². The second kappa shape index (κ2) is 6.88. The van der Waals surface area contributed by atoms with Crippen LogP contribution in [0.4, 0.5) is 11.4 Å². The van der Waals surface area contributed by atoms with Gasteiger partial charge in [-0.15, -0.1) is 0 Å². The Bertz CT molecular complexity index is 865. The standard InChI is InChI=1S/C21H22N2O6/c1-26-15-7-13(8-16(11-15)27-2)22-19(24)21(5-6-21)20(25)23(22)14-9-17(28-3)12-18(10-14)29-4/h7-12H,5-6H2,1-4H3. The van der Waals surface area contributed by atoms with E-state index in [9.17, 15) is 9.59 Å². The molecule has 2 amide bonds. The summed E-state index contributed by atoms with van der Waals surface area (Å²) in [5, 5.41) is 2.77. The van der Waals surface area contributed by atoms with E-state index in [1.807, 2.05) is 0 Å². The molecule has 1 saturated carbocycles. The molecule has 2 aliphatic rings. The summed E-state index contributed by atoms with van der Waals surface area (Å²) in [6.45, 7) is 0. The number of hydrogen-bond acceptors (Lipinski definition) is 6. The SMILES string of the molecule is COc1cc(OC)cc(N2C(=O)C3(CC3)C(=O)N2c2cc(OC)cc(OC)c2)c1. The normalized spacial score (nSPS) is 17.0. The topological polar surface area (TPSA) is 77.5 Å². The minimum Gasteiger partial charge on any atom is -0.497 e. The smallest absolute Gasteiger partial charge is 0.262 e. The molecule has 2 aromatic rings. The van der Waals surface area contributed by atoms with Crippen LogP contribution in [0.3, 0.4) is 0 Å². The number of carbonyl (C=O) groups is 2. The molecule has 0 atom stereocenters. The number of benzene rings is 2. The number of rotatable bonds is 6. The largest absolute Gasteiger partial charge is 0.497 e. The molecule has 152 valence electrons. The molecule has 0 aromatic heterocycles. The van der Waals surface area contributed by atoms with Crippen molar-refractivity contribution in [3.8, 4) is 23.0 Å². The molecule has 8 nitrogen and oxygen atoms in total. The van der Waals surface area contributed by atoms with Gasteiger partial charge in [0.1, 0.15) is 28.4 Å². The van der Waals surface area contributed by atoms with Crippen molar-refractivity contribution in [3.05, 3.63) is 36.4 Å². The fourth-order valence-corrected chi connectivity index (χ4v) is 3.53. The summed E-state index contributed by atoms with van der Waals surface area (Å²) < 4.78 is 21.4. The quantitative estimate of drug-likeness (QED) is 0.697. The van der Waals surface area contributed by atoms with Crippen molar-refractivity contribution < 1.29 is 28.5 Å². The van der Waals surface area contributed by atoms with Crippen LogP contribution in [0.5, 0.6) is 23.0 Å². The van der Waals surface area contributed by atoms with E-state index in [1.54, 1.807) is 36.4 Å². The second-order valence-corrected chi connectivity index (χ2v) is 6.96. The lowest BCUT2D eigenvalue weighted by Crippen LogP contribution is -2.41. The molecule has 1 aliphatic heterocycles. The zero-order valence-electron chi connectivity index (χ0n) is 16.7. The van der Waals surface area contributed by atoms with Crippen LogP contribution in [-0.4, -0.2) is 40.3 Å². The zero-order valence-corrected chi connectivity index (χ0v) is 16.7. The van der Waals surface area contributed by atoms with Gasteiger partial charge in [0.05, 0.1) is 39.8 Å². The van der Waals surface area contributed by atoms with E-state index < -0.39 is 5.41 Å². The highest BCUT2D eigenvalue weighted by molar-refractivity contribution is 6.28. The summed E-state index contributed by atoms with van der Waals surface area (Å²) in [6, 6.07) is 10.2. The molecule has 1 aliphatic carbocycles. The molecule has 29 heavy (non-hydrogen) atoms. The minimum atomic E-state index is -1.01. The van der Waals surface area contributed by atoms with Gasteiger partial charge >= 0.3 is 0 Å². The second-order valence-electron chi connectivity index (χ2n) is 6.96. The Balaban J connectivity index is 1.88. The molecule has 0 N–H and O–H groups in total. The van der Waals surface area contributed by atoms with Crippen LogP contribution < -0.4 is 29.0 Å². The maximum atomic E-state index is 13.3. The van der Waals surface area contributed by atoms with Gasteiger partial charge in [-0.25, -0.2) is 10.0 Å². The Morgan fingerprint density at radius 2 is 0.931 bits per heavy atom. The van der Waals surface area contributed by atoms with Crippen molar-refractivity contribution in [1.82, 2.24) is 0 Å². The van der Waals surface area contributed by atoms with Crippen molar-refractivity contribution in [1.29, 1.82) is 0 Å². The molecule has 1 saturated heterocycles. The van der Waals surface area contributed by atoms with Crippen molar-refractivity contribution in [2.45, 2.75) is 12.8 Å². The fourth-order valence-electron chi connectivity index (χ4n) is 3.53. The molecule has 2 aromatic carbocycles. The van der Waals surface area contributed by atoms with Crippen LogP contribution in [0.1, 0.15) is 12.8 Å². The Morgan fingerprint density at radius 1 is 0.621 bits per heavy atom. The highest BCUT2D eigenvalue weighted by Crippen LogP contribution is 2.55. The van der Waals surface area contributed by atoms with E-state index >= 15 is 0 Å². The number of amides is 2. The third-order valence-corrected chi connectivity index (χ3v) is 5.32. The molecule has 8 heteroatoms. The van der Waals surface area contributed by atoms with Crippen LogP contribution in [-0.2, 0) is 9.59 Å². The number of methoxy groups -OCH3 is 4. The number of anilines is 2. The molecular weight excluding hydrogens is 376 g/mol. The number of nitrogens with zero attached hydrogens (tertiary/aromatic N) is 2. The highest BCUT2D eigenvalue weighted by Gasteiger charge is 2.66. The first-order chi connectivity index (χ1) is 14.0. The van der Waals surface area contributed by atoms with Gasteiger partial charge in [0.25, 0.3) is 11.8 Å². The van der Waals surface area contributed by atoms with Gasteiger partial charge in [0, 0.05) is 36.4 Å². The third-order valence-electron chi connectivity index (χ3n) is 5.32. The predicted octanol–water partition coefficient (Wildman–Crippen LogP) is 2.80. The van der Waals surface area contributed by atoms with Crippen LogP contribution >= 0.6 is 0 Å². The van der Waals surface area contributed by atoms with E-state index in [2.05, 4.69) is 0 Å². The van der Waals surface area contributed by atoms with Gasteiger partial charge in [0.15, 0.2) is 0 Å². The third kappa shape index (κ3) is 2.91. The van der Waals surface area contributed by atoms with Crippen molar-refractivity contribution >= 4 is 23.2 Å². The number of hydrogen-bond donors (Lipinski definition) is 0. The van der Waals surface area contributed by atoms with Crippen molar-refractivity contribution in [3.63, 3.8) is 0 Å². The molecule has 2 fully saturated rings. The lowest BCUT2D eigenvalue weighted by molar-refractivity contribution is -0.128. The van der Waals surface area contributed by atoms with E-state index in [0.29, 0.717) is 47.2 Å². The van der Waals surface area contributed by atoms with Gasteiger partial charge in [-0.05, 0) is 12.8 Å². The Labute approximate surface area is 168 Å². The average Bonchev–Trinajstić information content (AvgIpc) is 3.54. The maximum Gasteiger partial charge on any atom is 0.262 e. The van der Waals surface area contributed by atoms with Gasteiger partial charge in [0.2, 0.25) is 0 Å². The van der Waals surface area contributed by atoms with Crippen LogP contribution in [0.2, 0.25) is 0 Å². The van der Waals surface area contributed by atoms with E-state index in [1.165, 1.54) is 38.5 Å². The van der Waals surface area contributed by atoms with E-state index in [-0.39, 0.29) is 11.8 Å². The molecular formula is C21H22N2O6. The maximum absolute atomic E-state index is 13.3. The molecule has 4 rings (SSSR count). The first-order valence-electron chi connectivity index (χ1n) is 9.12. The minimum absolute atomic E-state index is 0.264. The van der Waals surface area contributed by atoms with Crippen LogP contribution in [0.15, 0.2) is 36.4 Å². The Kier molecular flexibility index (Phi) is 4.49. The van der Waals surface area contributed by atoms with Crippen molar-refractivity contribution in [2.75, 3.05) is 38.5 Å². The van der Waals surface area contributed by atoms with Gasteiger partial charge in [-0.3, -0.25) is 9.59 Å². The van der Waals surface area contributed by atoms with Gasteiger partial charge in [-0.2, -0.15) is 0 Å².